The van der Waals surface area contributed by atoms with Crippen molar-refractivity contribution in [1.29, 1.82) is 0 Å². The number of hydrogen-bond acceptors (Lipinski definition) is 1. The second-order valence-corrected chi connectivity index (χ2v) is 4.33. The van der Waals surface area contributed by atoms with E-state index in [-0.39, 0.29) is 0 Å². The number of rotatable bonds is 8. The monoisotopic (exact) mass is 248 g/mol. The van der Waals surface area contributed by atoms with Crippen molar-refractivity contribution in [3.05, 3.63) is 0 Å². The van der Waals surface area contributed by atoms with Crippen molar-refractivity contribution in [2.75, 3.05) is 0 Å². The highest BCUT2D eigenvalue weighted by atomic mass is 16.4. The van der Waals surface area contributed by atoms with Gasteiger partial charge in [0.15, 0.2) is 0 Å². The average molecular weight is 248 g/mol. The summed E-state index contributed by atoms with van der Waals surface area (Å²) in [6, 6.07) is 0. The first-order chi connectivity index (χ1) is 8.77. The Bertz CT molecular complexity index is 322. The number of unbranched alkanes of at least 4 members (excludes halogenated alkanes) is 8. The van der Waals surface area contributed by atoms with Crippen LogP contribution in [0, 0.1) is 23.7 Å². The Hall–Kier alpha value is -1.41. The molecule has 0 saturated heterocycles. The zero-order valence-electron chi connectivity index (χ0n) is 11.4. The minimum atomic E-state index is -1.06. The normalized spacial score (nSPS) is 8.94. The molecule has 18 heavy (non-hydrogen) atoms. The van der Waals surface area contributed by atoms with Crippen LogP contribution in [0.1, 0.15) is 71.1 Å². The summed E-state index contributed by atoms with van der Waals surface area (Å²) in [6.07, 6.45) is 11.3. The molecule has 2 nitrogen and oxygen atoms in total. The quantitative estimate of drug-likeness (QED) is 0.521. The molecule has 0 rings (SSSR count). The first-order valence-corrected chi connectivity index (χ1v) is 6.95. The van der Waals surface area contributed by atoms with Crippen LogP contribution in [0.5, 0.6) is 0 Å². The molecule has 0 bridgehead atoms. The van der Waals surface area contributed by atoms with Crippen molar-refractivity contribution < 1.29 is 9.90 Å². The molecule has 0 spiro atoms. The molecule has 0 aromatic carbocycles. The molecule has 0 aliphatic heterocycles. The predicted molar refractivity (Wildman–Crippen MR) is 75.0 cm³/mol. The van der Waals surface area contributed by atoms with E-state index in [9.17, 15) is 4.79 Å². The maximum absolute atomic E-state index is 10.1. The van der Waals surface area contributed by atoms with Gasteiger partial charge in [-0.2, -0.15) is 0 Å². The summed E-state index contributed by atoms with van der Waals surface area (Å²) in [5.41, 5.74) is 0. The van der Waals surface area contributed by atoms with Crippen LogP contribution in [-0.4, -0.2) is 11.1 Å². The Kier molecular flexibility index (Phi) is 12.6. The van der Waals surface area contributed by atoms with Crippen LogP contribution in [0.3, 0.4) is 0 Å². The fourth-order valence-corrected chi connectivity index (χ4v) is 1.61. The van der Waals surface area contributed by atoms with E-state index in [1.807, 2.05) is 0 Å². The molecule has 0 radical (unpaired) electrons. The molecule has 0 aromatic heterocycles. The summed E-state index contributed by atoms with van der Waals surface area (Å²) in [7, 11) is 0. The summed E-state index contributed by atoms with van der Waals surface area (Å²) in [5, 5.41) is 8.28. The van der Waals surface area contributed by atoms with Crippen LogP contribution in [0.15, 0.2) is 0 Å². The van der Waals surface area contributed by atoms with Gasteiger partial charge in [0.05, 0.1) is 0 Å². The van der Waals surface area contributed by atoms with Crippen molar-refractivity contribution >= 4 is 5.97 Å². The SMILES string of the molecule is CCCCCCCCCC#CCCC#CC(=O)O. The maximum Gasteiger partial charge on any atom is 0.381 e. The third-order valence-electron chi connectivity index (χ3n) is 2.60. The molecule has 0 aromatic rings. The minimum absolute atomic E-state index is 0.552. The van der Waals surface area contributed by atoms with Crippen LogP contribution >= 0.6 is 0 Å². The second-order valence-electron chi connectivity index (χ2n) is 4.33. The Morgan fingerprint density at radius 2 is 1.39 bits per heavy atom. The van der Waals surface area contributed by atoms with Gasteiger partial charge in [-0.15, -0.1) is 11.8 Å². The summed E-state index contributed by atoms with van der Waals surface area (Å²) in [6.45, 7) is 2.23. The Labute approximate surface area is 111 Å². The maximum atomic E-state index is 10.1. The number of carbonyl (C=O) groups is 1. The smallest absolute Gasteiger partial charge is 0.381 e. The van der Waals surface area contributed by atoms with E-state index in [2.05, 4.69) is 30.6 Å². The average Bonchev–Trinajstić information content (AvgIpc) is 2.34. The van der Waals surface area contributed by atoms with Crippen molar-refractivity contribution in [1.82, 2.24) is 0 Å². The lowest BCUT2D eigenvalue weighted by atomic mass is 10.1. The Morgan fingerprint density at radius 3 is 2.06 bits per heavy atom. The molecule has 100 valence electrons. The van der Waals surface area contributed by atoms with Gasteiger partial charge in [-0.1, -0.05) is 51.4 Å². The lowest BCUT2D eigenvalue weighted by molar-refractivity contribution is -0.130. The van der Waals surface area contributed by atoms with E-state index in [4.69, 9.17) is 5.11 Å². The van der Waals surface area contributed by atoms with Crippen LogP contribution in [0.2, 0.25) is 0 Å². The van der Waals surface area contributed by atoms with Crippen LogP contribution < -0.4 is 0 Å². The number of carboxylic acids is 1. The zero-order chi connectivity index (χ0) is 13.5. The number of hydrogen-bond donors (Lipinski definition) is 1. The van der Waals surface area contributed by atoms with Crippen molar-refractivity contribution in [2.24, 2.45) is 0 Å². The second kappa shape index (κ2) is 13.7. The lowest BCUT2D eigenvalue weighted by Gasteiger charge is -1.97. The molecule has 0 amide bonds. The summed E-state index contributed by atoms with van der Waals surface area (Å²) >= 11 is 0. The standard InChI is InChI=1S/C16H24O2/c1-2-3-4-5-6-7-8-9-10-11-12-13-14-15-16(17)18/h2-9,12-13H2,1H3,(H,17,18). The van der Waals surface area contributed by atoms with E-state index in [1.165, 1.54) is 44.9 Å². The van der Waals surface area contributed by atoms with Gasteiger partial charge >= 0.3 is 5.97 Å². The van der Waals surface area contributed by atoms with E-state index < -0.39 is 5.97 Å². The molecule has 0 aliphatic carbocycles. The molecule has 0 fully saturated rings. The minimum Gasteiger partial charge on any atom is -0.472 e. The first kappa shape index (κ1) is 16.6. The zero-order valence-corrected chi connectivity index (χ0v) is 11.4. The highest BCUT2D eigenvalue weighted by molar-refractivity contribution is 5.86. The summed E-state index contributed by atoms with van der Waals surface area (Å²) in [5.74, 6) is 9.71. The molecular formula is C16H24O2. The third-order valence-corrected chi connectivity index (χ3v) is 2.60. The van der Waals surface area contributed by atoms with Crippen LogP contribution in [0.4, 0.5) is 0 Å². The highest BCUT2D eigenvalue weighted by Crippen LogP contribution is 2.07. The van der Waals surface area contributed by atoms with Gasteiger partial charge in [-0.05, 0) is 6.42 Å². The fraction of sp³-hybridized carbons (Fsp3) is 0.688. The van der Waals surface area contributed by atoms with Gasteiger partial charge in [-0.25, -0.2) is 4.79 Å². The molecule has 0 unspecified atom stereocenters. The Balaban J connectivity index is 3.25. The molecule has 0 heterocycles. The molecule has 0 atom stereocenters. The van der Waals surface area contributed by atoms with Crippen molar-refractivity contribution in [3.8, 4) is 23.7 Å². The van der Waals surface area contributed by atoms with Gasteiger partial charge in [0, 0.05) is 25.2 Å². The molecule has 0 saturated carbocycles. The van der Waals surface area contributed by atoms with E-state index in [0.717, 1.165) is 6.42 Å². The lowest BCUT2D eigenvalue weighted by Crippen LogP contribution is -1.86. The van der Waals surface area contributed by atoms with Crippen LogP contribution in [-0.2, 0) is 4.79 Å². The third kappa shape index (κ3) is 14.6. The first-order valence-electron chi connectivity index (χ1n) is 6.95. The fourth-order valence-electron chi connectivity index (χ4n) is 1.61. The molecule has 1 N–H and O–H groups in total. The summed E-state index contributed by atoms with van der Waals surface area (Å²) in [4.78, 5) is 10.1. The van der Waals surface area contributed by atoms with Gasteiger partial charge < -0.3 is 5.11 Å². The Morgan fingerprint density at radius 1 is 0.833 bits per heavy atom. The largest absolute Gasteiger partial charge is 0.472 e. The highest BCUT2D eigenvalue weighted by Gasteiger charge is 1.89. The number of aliphatic carboxylic acids is 1. The molecule has 0 aliphatic rings. The van der Waals surface area contributed by atoms with Gasteiger partial charge in [-0.3, -0.25) is 0 Å². The molecule has 2 heteroatoms. The van der Waals surface area contributed by atoms with Crippen molar-refractivity contribution in [3.63, 3.8) is 0 Å². The number of carboxylic acid groups (broad SMARTS) is 1. The van der Waals surface area contributed by atoms with Gasteiger partial charge in [0.25, 0.3) is 0 Å². The predicted octanol–water partition coefficient (Wildman–Crippen LogP) is 4.00. The van der Waals surface area contributed by atoms with Crippen molar-refractivity contribution in [2.45, 2.75) is 71.1 Å². The van der Waals surface area contributed by atoms with E-state index >= 15 is 0 Å². The topological polar surface area (TPSA) is 37.3 Å². The summed E-state index contributed by atoms with van der Waals surface area (Å²) < 4.78 is 0. The molecular weight excluding hydrogens is 224 g/mol. The van der Waals surface area contributed by atoms with Gasteiger partial charge in [0.2, 0.25) is 0 Å². The van der Waals surface area contributed by atoms with Gasteiger partial charge in [0.1, 0.15) is 0 Å². The van der Waals surface area contributed by atoms with Crippen LogP contribution in [0.25, 0.3) is 0 Å². The van der Waals surface area contributed by atoms with E-state index in [0.29, 0.717) is 12.8 Å². The van der Waals surface area contributed by atoms with E-state index in [1.54, 1.807) is 0 Å².